The average Bonchev–Trinajstić information content (AvgIpc) is 2.51. The van der Waals surface area contributed by atoms with Gasteiger partial charge in [-0.3, -0.25) is 4.79 Å². The zero-order chi connectivity index (χ0) is 15.7. The van der Waals surface area contributed by atoms with Crippen LogP contribution in [0.4, 0.5) is 11.4 Å². The lowest BCUT2D eigenvalue weighted by molar-refractivity contribution is -0.120. The minimum absolute atomic E-state index is 0.132. The quantitative estimate of drug-likeness (QED) is 0.715. The predicted molar refractivity (Wildman–Crippen MR) is 91.9 cm³/mol. The topological polar surface area (TPSA) is 32.3 Å². The zero-order valence-electron chi connectivity index (χ0n) is 14.0. The van der Waals surface area contributed by atoms with Gasteiger partial charge in [-0.25, -0.2) is 0 Å². The van der Waals surface area contributed by atoms with Crippen LogP contribution in [0.3, 0.4) is 0 Å². The molecule has 118 valence electrons. The third-order valence-corrected chi connectivity index (χ3v) is 4.03. The second-order valence-corrected chi connectivity index (χ2v) is 5.46. The Kier molecular flexibility index (Phi) is 7.88. The number of rotatable bonds is 9. The first-order valence-electron chi connectivity index (χ1n) is 8.32. The Bertz CT molecular complexity index is 410. The second-order valence-electron chi connectivity index (χ2n) is 5.46. The van der Waals surface area contributed by atoms with Crippen LogP contribution in [0.1, 0.15) is 53.4 Å². The number of hydrogen-bond donors (Lipinski definition) is 1. The van der Waals surface area contributed by atoms with Gasteiger partial charge in [0, 0.05) is 30.4 Å². The summed E-state index contributed by atoms with van der Waals surface area (Å²) in [5, 5.41) is 3.05. The molecule has 1 atom stereocenters. The van der Waals surface area contributed by atoms with E-state index in [4.69, 9.17) is 0 Å². The van der Waals surface area contributed by atoms with Gasteiger partial charge in [-0.05, 0) is 51.0 Å². The average molecular weight is 290 g/mol. The molecule has 3 heteroatoms. The molecule has 1 aromatic carbocycles. The van der Waals surface area contributed by atoms with E-state index in [0.29, 0.717) is 0 Å². The molecule has 0 spiro atoms. The molecular formula is C18H30N2O. The van der Waals surface area contributed by atoms with Crippen molar-refractivity contribution in [3.63, 3.8) is 0 Å². The molecule has 1 N–H and O–H groups in total. The van der Waals surface area contributed by atoms with Gasteiger partial charge in [0.1, 0.15) is 0 Å². The highest BCUT2D eigenvalue weighted by atomic mass is 16.1. The Hall–Kier alpha value is -1.51. The summed E-state index contributed by atoms with van der Waals surface area (Å²) < 4.78 is 0. The maximum atomic E-state index is 12.3. The van der Waals surface area contributed by atoms with Crippen molar-refractivity contribution in [1.29, 1.82) is 0 Å². The zero-order valence-corrected chi connectivity index (χ0v) is 14.0. The number of carbonyl (C=O) groups is 1. The summed E-state index contributed by atoms with van der Waals surface area (Å²) in [7, 11) is 0. The summed E-state index contributed by atoms with van der Waals surface area (Å²) in [4.78, 5) is 14.6. The number of benzene rings is 1. The van der Waals surface area contributed by atoms with Gasteiger partial charge < -0.3 is 10.2 Å². The Morgan fingerprint density at radius 3 is 2.19 bits per heavy atom. The maximum Gasteiger partial charge on any atom is 0.227 e. The highest BCUT2D eigenvalue weighted by Crippen LogP contribution is 2.20. The van der Waals surface area contributed by atoms with Crippen LogP contribution in [-0.4, -0.2) is 19.0 Å². The molecule has 0 aliphatic heterocycles. The van der Waals surface area contributed by atoms with E-state index in [9.17, 15) is 4.79 Å². The van der Waals surface area contributed by atoms with Gasteiger partial charge in [-0.1, -0.05) is 26.7 Å². The van der Waals surface area contributed by atoms with E-state index in [0.717, 1.165) is 44.5 Å². The Morgan fingerprint density at radius 1 is 1.10 bits per heavy atom. The van der Waals surface area contributed by atoms with E-state index in [1.54, 1.807) is 0 Å². The van der Waals surface area contributed by atoms with Crippen molar-refractivity contribution in [3.05, 3.63) is 24.3 Å². The fraction of sp³-hybridized carbons (Fsp3) is 0.611. The van der Waals surface area contributed by atoms with Gasteiger partial charge >= 0.3 is 0 Å². The minimum atomic E-state index is 0.132. The predicted octanol–water partition coefficient (Wildman–Crippen LogP) is 4.69. The fourth-order valence-corrected chi connectivity index (χ4v) is 2.56. The van der Waals surface area contributed by atoms with Gasteiger partial charge in [-0.15, -0.1) is 0 Å². The standard InChI is InChI=1S/C18H30N2O/c1-5-9-10-15(6-2)18(21)19-16-11-13-17(14-12-16)20(7-3)8-4/h11-15H,5-10H2,1-4H3,(H,19,21)/t15-/m0/s1. The molecule has 1 rings (SSSR count). The molecule has 0 fully saturated rings. The van der Waals surface area contributed by atoms with E-state index >= 15 is 0 Å². The Balaban J connectivity index is 2.64. The second kappa shape index (κ2) is 9.43. The van der Waals surface area contributed by atoms with Crippen LogP contribution in [0.25, 0.3) is 0 Å². The summed E-state index contributed by atoms with van der Waals surface area (Å²) in [5.41, 5.74) is 2.10. The normalized spacial score (nSPS) is 12.0. The minimum Gasteiger partial charge on any atom is -0.372 e. The van der Waals surface area contributed by atoms with E-state index < -0.39 is 0 Å². The summed E-state index contributed by atoms with van der Waals surface area (Å²) >= 11 is 0. The summed E-state index contributed by atoms with van der Waals surface area (Å²) in [5.74, 6) is 0.286. The molecule has 0 saturated carbocycles. The van der Waals surface area contributed by atoms with Crippen molar-refractivity contribution in [1.82, 2.24) is 0 Å². The molecule has 0 aliphatic rings. The third kappa shape index (κ3) is 5.41. The van der Waals surface area contributed by atoms with Crippen LogP contribution in [-0.2, 0) is 4.79 Å². The fourth-order valence-electron chi connectivity index (χ4n) is 2.56. The van der Waals surface area contributed by atoms with E-state index in [1.165, 1.54) is 5.69 Å². The first-order valence-corrected chi connectivity index (χ1v) is 8.32. The first-order chi connectivity index (χ1) is 10.2. The molecular weight excluding hydrogens is 260 g/mol. The Morgan fingerprint density at radius 2 is 1.71 bits per heavy atom. The molecule has 1 aromatic rings. The van der Waals surface area contributed by atoms with Crippen LogP contribution in [0.5, 0.6) is 0 Å². The Labute approximate surface area is 129 Å². The summed E-state index contributed by atoms with van der Waals surface area (Å²) in [6.45, 7) is 10.5. The number of hydrogen-bond acceptors (Lipinski definition) is 2. The lowest BCUT2D eigenvalue weighted by Crippen LogP contribution is -2.23. The van der Waals surface area contributed by atoms with Crippen molar-refractivity contribution < 1.29 is 4.79 Å². The molecule has 3 nitrogen and oxygen atoms in total. The number of nitrogens with zero attached hydrogens (tertiary/aromatic N) is 1. The van der Waals surface area contributed by atoms with Gasteiger partial charge in [-0.2, -0.15) is 0 Å². The molecule has 21 heavy (non-hydrogen) atoms. The summed E-state index contributed by atoms with van der Waals surface area (Å²) in [6.07, 6.45) is 4.15. The van der Waals surface area contributed by atoms with Gasteiger partial charge in [0.2, 0.25) is 5.91 Å². The van der Waals surface area contributed by atoms with Gasteiger partial charge in [0.25, 0.3) is 0 Å². The molecule has 0 radical (unpaired) electrons. The molecule has 0 saturated heterocycles. The maximum absolute atomic E-state index is 12.3. The molecule has 0 unspecified atom stereocenters. The van der Waals surface area contributed by atoms with Gasteiger partial charge in [0.15, 0.2) is 0 Å². The lowest BCUT2D eigenvalue weighted by atomic mass is 9.98. The van der Waals surface area contributed by atoms with Crippen LogP contribution in [0, 0.1) is 5.92 Å². The number of anilines is 2. The smallest absolute Gasteiger partial charge is 0.227 e. The summed E-state index contributed by atoms with van der Waals surface area (Å²) in [6, 6.07) is 8.15. The van der Waals surface area contributed by atoms with Gasteiger partial charge in [0.05, 0.1) is 0 Å². The van der Waals surface area contributed by atoms with Crippen molar-refractivity contribution >= 4 is 17.3 Å². The largest absolute Gasteiger partial charge is 0.372 e. The number of carbonyl (C=O) groups excluding carboxylic acids is 1. The first kappa shape index (κ1) is 17.5. The third-order valence-electron chi connectivity index (χ3n) is 4.03. The highest BCUT2D eigenvalue weighted by Gasteiger charge is 2.15. The number of nitrogens with one attached hydrogen (secondary N) is 1. The lowest BCUT2D eigenvalue weighted by Gasteiger charge is -2.21. The number of amides is 1. The van der Waals surface area contributed by atoms with Crippen LogP contribution >= 0.6 is 0 Å². The SMILES string of the molecule is CCCC[C@H](CC)C(=O)Nc1ccc(N(CC)CC)cc1. The van der Waals surface area contributed by atoms with E-state index in [2.05, 4.69) is 50.0 Å². The van der Waals surface area contributed by atoms with Crippen molar-refractivity contribution in [2.24, 2.45) is 5.92 Å². The monoisotopic (exact) mass is 290 g/mol. The molecule has 1 amide bonds. The van der Waals surface area contributed by atoms with Crippen LogP contribution in [0.2, 0.25) is 0 Å². The molecule has 0 aromatic heterocycles. The van der Waals surface area contributed by atoms with Crippen molar-refractivity contribution in [2.75, 3.05) is 23.3 Å². The van der Waals surface area contributed by atoms with E-state index in [1.807, 2.05) is 12.1 Å². The molecule has 0 bridgehead atoms. The van der Waals surface area contributed by atoms with Crippen LogP contribution in [0.15, 0.2) is 24.3 Å². The van der Waals surface area contributed by atoms with Crippen molar-refractivity contribution in [3.8, 4) is 0 Å². The molecule has 0 aliphatic carbocycles. The highest BCUT2D eigenvalue weighted by molar-refractivity contribution is 5.92. The number of unbranched alkanes of at least 4 members (excludes halogenated alkanes) is 1. The van der Waals surface area contributed by atoms with Crippen LogP contribution < -0.4 is 10.2 Å². The van der Waals surface area contributed by atoms with E-state index in [-0.39, 0.29) is 11.8 Å². The molecule has 0 heterocycles. The van der Waals surface area contributed by atoms with Crippen molar-refractivity contribution in [2.45, 2.75) is 53.4 Å².